The van der Waals surface area contributed by atoms with Crippen LogP contribution in [0.1, 0.15) is 19.5 Å². The molecule has 5 N–H and O–H groups in total. The second-order valence-electron chi connectivity index (χ2n) is 4.50. The van der Waals surface area contributed by atoms with Crippen molar-refractivity contribution in [3.63, 3.8) is 0 Å². The van der Waals surface area contributed by atoms with Gasteiger partial charge >= 0.3 is 5.97 Å². The van der Waals surface area contributed by atoms with Gasteiger partial charge in [-0.3, -0.25) is 4.79 Å². The van der Waals surface area contributed by atoms with E-state index in [0.29, 0.717) is 6.54 Å². The Balaban J connectivity index is 2.56. The van der Waals surface area contributed by atoms with Gasteiger partial charge in [-0.1, -0.05) is 13.8 Å². The summed E-state index contributed by atoms with van der Waals surface area (Å²) in [6.07, 6.45) is 1.79. The molecule has 0 radical (unpaired) electrons. The molecule has 0 saturated carbocycles. The number of nitrogens with one attached hydrogen (secondary N) is 2. The Morgan fingerprint density at radius 3 is 2.71 bits per heavy atom. The quantitative estimate of drug-likeness (QED) is 0.534. The lowest BCUT2D eigenvalue weighted by molar-refractivity contribution is -0.142. The Morgan fingerprint density at radius 1 is 1.59 bits per heavy atom. The van der Waals surface area contributed by atoms with Crippen LogP contribution in [0.15, 0.2) is 18.3 Å². The van der Waals surface area contributed by atoms with Crippen LogP contribution in [-0.2, 0) is 15.0 Å². The van der Waals surface area contributed by atoms with Crippen molar-refractivity contribution >= 4 is 11.9 Å². The van der Waals surface area contributed by atoms with E-state index >= 15 is 0 Å². The Labute approximate surface area is 99.2 Å². The fourth-order valence-electron chi connectivity index (χ4n) is 1.38. The van der Waals surface area contributed by atoms with Gasteiger partial charge in [-0.05, 0) is 12.1 Å². The predicted octanol–water partition coefficient (Wildman–Crippen LogP) is -0.180. The molecule has 0 aliphatic heterocycles. The standard InChI is InChI=1S/C11H17N3O3/c1-11(2,7-4-3-5-13-7)6-14-9(15)8(12)10(16)17/h3-5,8,13H,6,12H2,1-2H3,(H,14,15)(H,16,17). The van der Waals surface area contributed by atoms with Gasteiger partial charge in [-0.2, -0.15) is 0 Å². The average molecular weight is 239 g/mol. The first-order valence-corrected chi connectivity index (χ1v) is 5.24. The first-order valence-electron chi connectivity index (χ1n) is 5.24. The first-order chi connectivity index (χ1) is 7.84. The lowest BCUT2D eigenvalue weighted by atomic mass is 9.89. The van der Waals surface area contributed by atoms with Crippen molar-refractivity contribution in [2.75, 3.05) is 6.54 Å². The van der Waals surface area contributed by atoms with Gasteiger partial charge < -0.3 is 21.1 Å². The third-order valence-electron chi connectivity index (χ3n) is 2.58. The topological polar surface area (TPSA) is 108 Å². The molecule has 0 spiro atoms. The molecule has 1 atom stereocenters. The molecule has 6 nitrogen and oxygen atoms in total. The molecule has 0 saturated heterocycles. The van der Waals surface area contributed by atoms with E-state index < -0.39 is 17.9 Å². The lowest BCUT2D eigenvalue weighted by Crippen LogP contribution is -2.49. The minimum absolute atomic E-state index is 0.308. The Bertz CT molecular complexity index is 398. The van der Waals surface area contributed by atoms with Crippen LogP contribution in [-0.4, -0.2) is 34.6 Å². The normalized spacial score (nSPS) is 13.1. The summed E-state index contributed by atoms with van der Waals surface area (Å²) in [6.45, 7) is 4.18. The monoisotopic (exact) mass is 239 g/mol. The number of hydrogen-bond acceptors (Lipinski definition) is 3. The van der Waals surface area contributed by atoms with Crippen LogP contribution in [0.4, 0.5) is 0 Å². The largest absolute Gasteiger partial charge is 0.480 e. The lowest BCUT2D eigenvalue weighted by Gasteiger charge is -2.24. The van der Waals surface area contributed by atoms with Gasteiger partial charge in [0, 0.05) is 23.9 Å². The minimum atomic E-state index is -1.52. The van der Waals surface area contributed by atoms with E-state index in [1.54, 1.807) is 6.20 Å². The number of aromatic amines is 1. The molecular formula is C11H17N3O3. The van der Waals surface area contributed by atoms with E-state index in [1.807, 2.05) is 26.0 Å². The maximum absolute atomic E-state index is 11.4. The Hall–Kier alpha value is -1.82. The molecule has 0 bridgehead atoms. The van der Waals surface area contributed by atoms with Crippen LogP contribution in [0, 0.1) is 0 Å². The van der Waals surface area contributed by atoms with Crippen molar-refractivity contribution in [3.05, 3.63) is 24.0 Å². The summed E-state index contributed by atoms with van der Waals surface area (Å²) in [5.74, 6) is -2.02. The van der Waals surface area contributed by atoms with Crippen molar-refractivity contribution in [2.24, 2.45) is 5.73 Å². The Morgan fingerprint density at radius 2 is 2.24 bits per heavy atom. The van der Waals surface area contributed by atoms with Gasteiger partial charge in [0.1, 0.15) is 0 Å². The summed E-state index contributed by atoms with van der Waals surface area (Å²) in [7, 11) is 0. The Kier molecular flexibility index (Phi) is 3.90. The van der Waals surface area contributed by atoms with Crippen molar-refractivity contribution < 1.29 is 14.7 Å². The van der Waals surface area contributed by atoms with Crippen LogP contribution >= 0.6 is 0 Å². The molecule has 0 aromatic carbocycles. The van der Waals surface area contributed by atoms with Gasteiger partial charge in [0.15, 0.2) is 6.04 Å². The number of aliphatic carboxylic acids is 1. The molecule has 0 aliphatic rings. The number of hydrogen-bond donors (Lipinski definition) is 4. The van der Waals surface area contributed by atoms with Crippen LogP contribution in [0.3, 0.4) is 0 Å². The highest BCUT2D eigenvalue weighted by molar-refractivity contribution is 6.00. The molecule has 1 aromatic heterocycles. The maximum Gasteiger partial charge on any atom is 0.330 e. The summed E-state index contributed by atoms with van der Waals surface area (Å²) >= 11 is 0. The second kappa shape index (κ2) is 5.01. The number of carbonyl (C=O) groups excluding carboxylic acids is 1. The van der Waals surface area contributed by atoms with Crippen molar-refractivity contribution in [1.82, 2.24) is 10.3 Å². The van der Waals surface area contributed by atoms with Gasteiger partial charge in [-0.15, -0.1) is 0 Å². The first kappa shape index (κ1) is 13.2. The van der Waals surface area contributed by atoms with Gasteiger partial charge in [-0.25, -0.2) is 4.79 Å². The summed E-state index contributed by atoms with van der Waals surface area (Å²) in [6, 6.07) is 2.25. The summed E-state index contributed by atoms with van der Waals surface area (Å²) < 4.78 is 0. The number of carboxylic acids is 1. The molecular weight excluding hydrogens is 222 g/mol. The third kappa shape index (κ3) is 3.32. The zero-order chi connectivity index (χ0) is 13.1. The van der Waals surface area contributed by atoms with Crippen molar-refractivity contribution in [1.29, 1.82) is 0 Å². The SMILES string of the molecule is CC(C)(CNC(=O)C(N)C(=O)O)c1ccc[nH]1. The number of nitrogens with two attached hydrogens (primary N) is 1. The van der Waals surface area contributed by atoms with E-state index in [1.165, 1.54) is 0 Å². The molecule has 1 amide bonds. The molecule has 94 valence electrons. The van der Waals surface area contributed by atoms with Crippen LogP contribution in [0.25, 0.3) is 0 Å². The molecule has 17 heavy (non-hydrogen) atoms. The number of H-pyrrole nitrogens is 1. The highest BCUT2D eigenvalue weighted by Crippen LogP contribution is 2.19. The highest BCUT2D eigenvalue weighted by Gasteiger charge is 2.26. The van der Waals surface area contributed by atoms with E-state index in [9.17, 15) is 9.59 Å². The van der Waals surface area contributed by atoms with Gasteiger partial charge in [0.05, 0.1) is 0 Å². The second-order valence-corrected chi connectivity index (χ2v) is 4.50. The summed E-state index contributed by atoms with van der Waals surface area (Å²) in [4.78, 5) is 24.9. The van der Waals surface area contributed by atoms with Gasteiger partial charge in [0.2, 0.25) is 5.91 Å². The smallest absolute Gasteiger partial charge is 0.330 e. The number of carboxylic acid groups (broad SMARTS) is 1. The molecule has 0 fully saturated rings. The fourth-order valence-corrected chi connectivity index (χ4v) is 1.38. The van der Waals surface area contributed by atoms with Gasteiger partial charge in [0.25, 0.3) is 0 Å². The molecule has 1 heterocycles. The number of aromatic nitrogens is 1. The number of amides is 1. The van der Waals surface area contributed by atoms with Crippen molar-refractivity contribution in [2.45, 2.75) is 25.3 Å². The third-order valence-corrected chi connectivity index (χ3v) is 2.58. The van der Waals surface area contributed by atoms with E-state index in [2.05, 4.69) is 10.3 Å². The van der Waals surface area contributed by atoms with Crippen LogP contribution in [0.2, 0.25) is 0 Å². The maximum atomic E-state index is 11.4. The molecule has 1 unspecified atom stereocenters. The molecule has 1 aromatic rings. The predicted molar refractivity (Wildman–Crippen MR) is 62.4 cm³/mol. The fraction of sp³-hybridized carbons (Fsp3) is 0.455. The average Bonchev–Trinajstić information content (AvgIpc) is 2.78. The van der Waals surface area contributed by atoms with Crippen molar-refractivity contribution in [3.8, 4) is 0 Å². The zero-order valence-corrected chi connectivity index (χ0v) is 9.86. The molecule has 0 aliphatic carbocycles. The zero-order valence-electron chi connectivity index (χ0n) is 9.86. The number of carbonyl (C=O) groups is 2. The molecule has 6 heteroatoms. The summed E-state index contributed by atoms with van der Waals surface area (Å²) in [5.41, 5.74) is 5.84. The molecule has 1 rings (SSSR count). The number of rotatable bonds is 5. The minimum Gasteiger partial charge on any atom is -0.480 e. The summed E-state index contributed by atoms with van der Waals surface area (Å²) in [5, 5.41) is 11.1. The van der Waals surface area contributed by atoms with E-state index in [-0.39, 0.29) is 5.41 Å². The van der Waals surface area contributed by atoms with Crippen LogP contribution in [0.5, 0.6) is 0 Å². The highest BCUT2D eigenvalue weighted by atomic mass is 16.4. The van der Waals surface area contributed by atoms with E-state index in [4.69, 9.17) is 10.8 Å². The van der Waals surface area contributed by atoms with Crippen LogP contribution < -0.4 is 11.1 Å². The van der Waals surface area contributed by atoms with E-state index in [0.717, 1.165) is 5.69 Å².